The summed E-state index contributed by atoms with van der Waals surface area (Å²) < 4.78 is 0. The largest absolute Gasteiger partial charge is 0.354 e. The van der Waals surface area contributed by atoms with Crippen LogP contribution in [0, 0.1) is 0 Å². The van der Waals surface area contributed by atoms with E-state index >= 15 is 0 Å². The molecule has 94 valence electrons. The number of piperazine rings is 1. The first-order chi connectivity index (χ1) is 8.31. The lowest BCUT2D eigenvalue weighted by molar-refractivity contribution is 0.187. The van der Waals surface area contributed by atoms with Crippen molar-refractivity contribution in [2.75, 3.05) is 31.1 Å². The molecule has 1 saturated heterocycles. The van der Waals surface area contributed by atoms with Gasteiger partial charge in [0.2, 0.25) is 0 Å². The van der Waals surface area contributed by atoms with E-state index in [1.54, 1.807) is 0 Å². The van der Waals surface area contributed by atoms with Crippen LogP contribution in [0.15, 0.2) is 24.4 Å². The van der Waals surface area contributed by atoms with Crippen LogP contribution in [0.1, 0.15) is 26.7 Å². The molecule has 1 unspecified atom stereocenters. The predicted octanol–water partition coefficient (Wildman–Crippen LogP) is 2.39. The highest BCUT2D eigenvalue weighted by Gasteiger charge is 2.20. The highest BCUT2D eigenvalue weighted by Crippen LogP contribution is 2.15. The summed E-state index contributed by atoms with van der Waals surface area (Å²) in [4.78, 5) is 9.40. The molecule has 0 radical (unpaired) electrons. The minimum absolute atomic E-state index is 0.728. The summed E-state index contributed by atoms with van der Waals surface area (Å²) in [6, 6.07) is 6.87. The van der Waals surface area contributed by atoms with Gasteiger partial charge in [-0.3, -0.25) is 4.90 Å². The van der Waals surface area contributed by atoms with Gasteiger partial charge in [0, 0.05) is 38.4 Å². The van der Waals surface area contributed by atoms with Crippen LogP contribution in [0.2, 0.25) is 0 Å². The molecule has 1 fully saturated rings. The van der Waals surface area contributed by atoms with Gasteiger partial charge in [-0.05, 0) is 25.5 Å². The van der Waals surface area contributed by atoms with E-state index in [-0.39, 0.29) is 0 Å². The summed E-state index contributed by atoms with van der Waals surface area (Å²) in [5.41, 5.74) is 0. The molecule has 0 aromatic carbocycles. The molecule has 1 aliphatic rings. The van der Waals surface area contributed by atoms with Crippen molar-refractivity contribution in [3.05, 3.63) is 24.4 Å². The van der Waals surface area contributed by atoms with E-state index in [2.05, 4.69) is 40.8 Å². The molecule has 0 aliphatic carbocycles. The lowest BCUT2D eigenvalue weighted by atomic mass is 10.1. The molecule has 3 heteroatoms. The van der Waals surface area contributed by atoms with Crippen LogP contribution in [0.5, 0.6) is 0 Å². The van der Waals surface area contributed by atoms with Crippen LogP contribution in [-0.2, 0) is 0 Å². The van der Waals surface area contributed by atoms with Crippen LogP contribution in [0.4, 0.5) is 5.82 Å². The fourth-order valence-corrected chi connectivity index (χ4v) is 2.53. The second kappa shape index (κ2) is 6.01. The zero-order chi connectivity index (χ0) is 12.1. The molecule has 0 bridgehead atoms. The first-order valence-corrected chi connectivity index (χ1v) is 6.71. The van der Waals surface area contributed by atoms with Crippen molar-refractivity contribution in [2.24, 2.45) is 0 Å². The third kappa shape index (κ3) is 3.19. The maximum absolute atomic E-state index is 4.42. The summed E-state index contributed by atoms with van der Waals surface area (Å²) in [5, 5.41) is 0. The minimum atomic E-state index is 0.728. The molecule has 3 nitrogen and oxygen atoms in total. The standard InChI is InChI=1S/C14H23N3/c1-3-6-13(2)16-9-11-17(12-10-16)14-7-4-5-8-15-14/h4-5,7-8,13H,3,6,9-12H2,1-2H3. The van der Waals surface area contributed by atoms with Crippen molar-refractivity contribution in [3.63, 3.8) is 0 Å². The number of rotatable bonds is 4. The number of anilines is 1. The van der Waals surface area contributed by atoms with Gasteiger partial charge in [-0.25, -0.2) is 4.98 Å². The number of hydrogen-bond acceptors (Lipinski definition) is 3. The number of hydrogen-bond donors (Lipinski definition) is 0. The third-order valence-electron chi connectivity index (χ3n) is 3.62. The molecule has 17 heavy (non-hydrogen) atoms. The van der Waals surface area contributed by atoms with Gasteiger partial charge in [0.05, 0.1) is 0 Å². The fourth-order valence-electron chi connectivity index (χ4n) is 2.53. The third-order valence-corrected chi connectivity index (χ3v) is 3.62. The maximum atomic E-state index is 4.42. The molecular formula is C14H23N3. The van der Waals surface area contributed by atoms with E-state index in [9.17, 15) is 0 Å². The molecule has 1 aromatic rings. The van der Waals surface area contributed by atoms with Crippen molar-refractivity contribution in [1.29, 1.82) is 0 Å². The molecule has 1 aliphatic heterocycles. The Morgan fingerprint density at radius 3 is 2.59 bits per heavy atom. The topological polar surface area (TPSA) is 19.4 Å². The Morgan fingerprint density at radius 1 is 1.24 bits per heavy atom. The van der Waals surface area contributed by atoms with Gasteiger partial charge >= 0.3 is 0 Å². The lowest BCUT2D eigenvalue weighted by Gasteiger charge is -2.38. The van der Waals surface area contributed by atoms with Gasteiger partial charge < -0.3 is 4.90 Å². The Kier molecular flexibility index (Phi) is 4.37. The smallest absolute Gasteiger partial charge is 0.128 e. The SMILES string of the molecule is CCCC(C)N1CCN(c2ccccn2)CC1. The van der Waals surface area contributed by atoms with Crippen LogP contribution >= 0.6 is 0 Å². The van der Waals surface area contributed by atoms with Gasteiger partial charge in [-0.15, -0.1) is 0 Å². The van der Waals surface area contributed by atoms with Crippen LogP contribution in [-0.4, -0.2) is 42.1 Å². The molecule has 2 rings (SSSR count). The molecule has 1 atom stereocenters. The lowest BCUT2D eigenvalue weighted by Crippen LogP contribution is -2.49. The Labute approximate surface area is 104 Å². The molecule has 2 heterocycles. The highest BCUT2D eigenvalue weighted by atomic mass is 15.3. The zero-order valence-electron chi connectivity index (χ0n) is 11.0. The summed E-state index contributed by atoms with van der Waals surface area (Å²) in [7, 11) is 0. The number of nitrogens with zero attached hydrogens (tertiary/aromatic N) is 3. The van der Waals surface area contributed by atoms with E-state index in [0.717, 1.165) is 38.0 Å². The van der Waals surface area contributed by atoms with Gasteiger partial charge in [-0.1, -0.05) is 19.4 Å². The van der Waals surface area contributed by atoms with Crippen LogP contribution in [0.25, 0.3) is 0 Å². The maximum Gasteiger partial charge on any atom is 0.128 e. The highest BCUT2D eigenvalue weighted by molar-refractivity contribution is 5.38. The summed E-state index contributed by atoms with van der Waals surface area (Å²) in [5.74, 6) is 1.12. The van der Waals surface area contributed by atoms with Crippen molar-refractivity contribution in [1.82, 2.24) is 9.88 Å². The average Bonchev–Trinajstić information content (AvgIpc) is 2.40. The van der Waals surface area contributed by atoms with Gasteiger partial charge in [-0.2, -0.15) is 0 Å². The van der Waals surface area contributed by atoms with Crippen molar-refractivity contribution in [2.45, 2.75) is 32.7 Å². The van der Waals surface area contributed by atoms with E-state index in [4.69, 9.17) is 0 Å². The van der Waals surface area contributed by atoms with E-state index in [0.29, 0.717) is 0 Å². The Hall–Kier alpha value is -1.09. The average molecular weight is 233 g/mol. The normalized spacial score (nSPS) is 19.3. The zero-order valence-corrected chi connectivity index (χ0v) is 11.0. The Balaban J connectivity index is 1.86. The molecule has 0 N–H and O–H groups in total. The summed E-state index contributed by atoms with van der Waals surface area (Å²) >= 11 is 0. The fraction of sp³-hybridized carbons (Fsp3) is 0.643. The summed E-state index contributed by atoms with van der Waals surface area (Å²) in [6.45, 7) is 9.15. The Morgan fingerprint density at radius 2 is 2.00 bits per heavy atom. The summed E-state index contributed by atoms with van der Waals surface area (Å²) in [6.07, 6.45) is 4.46. The first kappa shape index (κ1) is 12.4. The van der Waals surface area contributed by atoms with Crippen molar-refractivity contribution < 1.29 is 0 Å². The number of pyridine rings is 1. The quantitative estimate of drug-likeness (QED) is 0.796. The van der Waals surface area contributed by atoms with E-state index in [1.165, 1.54) is 12.8 Å². The van der Waals surface area contributed by atoms with Crippen LogP contribution < -0.4 is 4.90 Å². The monoisotopic (exact) mass is 233 g/mol. The van der Waals surface area contributed by atoms with Crippen LogP contribution in [0.3, 0.4) is 0 Å². The van der Waals surface area contributed by atoms with E-state index in [1.807, 2.05) is 12.3 Å². The second-order valence-corrected chi connectivity index (χ2v) is 4.85. The van der Waals surface area contributed by atoms with Crippen molar-refractivity contribution in [3.8, 4) is 0 Å². The molecule has 0 saturated carbocycles. The predicted molar refractivity (Wildman–Crippen MR) is 72.4 cm³/mol. The molecular weight excluding hydrogens is 210 g/mol. The first-order valence-electron chi connectivity index (χ1n) is 6.71. The molecule has 1 aromatic heterocycles. The Bertz CT molecular complexity index is 317. The molecule has 0 amide bonds. The van der Waals surface area contributed by atoms with E-state index < -0.39 is 0 Å². The van der Waals surface area contributed by atoms with Gasteiger partial charge in [0.25, 0.3) is 0 Å². The van der Waals surface area contributed by atoms with Gasteiger partial charge in [0.1, 0.15) is 5.82 Å². The molecule has 0 spiro atoms. The second-order valence-electron chi connectivity index (χ2n) is 4.85. The van der Waals surface area contributed by atoms with Crippen molar-refractivity contribution >= 4 is 5.82 Å². The minimum Gasteiger partial charge on any atom is -0.354 e. The number of aromatic nitrogens is 1. The van der Waals surface area contributed by atoms with Gasteiger partial charge in [0.15, 0.2) is 0 Å².